The first kappa shape index (κ1) is 18.0. The van der Waals surface area contributed by atoms with Crippen molar-refractivity contribution in [1.29, 1.82) is 0 Å². The first-order valence-corrected chi connectivity index (χ1v) is 8.62. The number of pyridine rings is 1. The van der Waals surface area contributed by atoms with E-state index in [1.165, 1.54) is 5.56 Å². The summed E-state index contributed by atoms with van der Waals surface area (Å²) < 4.78 is 0. The van der Waals surface area contributed by atoms with Gasteiger partial charge in [0.25, 0.3) is 5.91 Å². The average molecular weight is 325 g/mol. The number of carbonyl (C=O) groups excluding carboxylic acids is 1. The van der Waals surface area contributed by atoms with Crippen LogP contribution in [0.4, 0.5) is 11.5 Å². The summed E-state index contributed by atoms with van der Waals surface area (Å²) in [5.41, 5.74) is 2.98. The number of rotatable bonds is 7. The molecule has 0 atom stereocenters. The van der Waals surface area contributed by atoms with Crippen molar-refractivity contribution in [2.24, 2.45) is 0 Å². The second-order valence-electron chi connectivity index (χ2n) is 6.07. The molecule has 1 amide bonds. The van der Waals surface area contributed by atoms with Crippen LogP contribution < -0.4 is 4.90 Å². The molecule has 2 aromatic rings. The topological polar surface area (TPSA) is 36.4 Å². The highest BCUT2D eigenvalue weighted by atomic mass is 16.2. The maximum absolute atomic E-state index is 12.6. The van der Waals surface area contributed by atoms with Gasteiger partial charge in [-0.2, -0.15) is 0 Å². The third kappa shape index (κ3) is 4.34. The molecule has 0 unspecified atom stereocenters. The van der Waals surface area contributed by atoms with Gasteiger partial charge in [0.1, 0.15) is 5.82 Å². The molecule has 24 heavy (non-hydrogen) atoms. The van der Waals surface area contributed by atoms with Crippen LogP contribution in [0.25, 0.3) is 0 Å². The predicted octanol–water partition coefficient (Wildman–Crippen LogP) is 4.42. The molecule has 4 heteroatoms. The lowest BCUT2D eigenvalue weighted by molar-refractivity contribution is 0.0793. The number of carbonyl (C=O) groups is 1. The minimum atomic E-state index is 0.0485. The molecule has 0 aliphatic rings. The number of unbranched alkanes of at least 4 members (excludes halogenated alkanes) is 1. The summed E-state index contributed by atoms with van der Waals surface area (Å²) in [6.07, 6.45) is 3.81. The molecule has 1 aromatic heterocycles. The molecule has 1 heterocycles. The fourth-order valence-corrected chi connectivity index (χ4v) is 2.69. The second-order valence-corrected chi connectivity index (χ2v) is 6.07. The van der Waals surface area contributed by atoms with Gasteiger partial charge in [0.15, 0.2) is 0 Å². The molecule has 0 fully saturated rings. The van der Waals surface area contributed by atoms with E-state index in [0.717, 1.165) is 37.4 Å². The van der Waals surface area contributed by atoms with Crippen LogP contribution >= 0.6 is 0 Å². The summed E-state index contributed by atoms with van der Waals surface area (Å²) in [6.45, 7) is 7.87. The standard InChI is InChI=1S/C20H27N3O/c1-5-7-13-22(4)20(24)17-11-12-21-19(15-17)23(6-2)18-10-8-9-16(3)14-18/h8-12,14-15H,5-7,13H2,1-4H3. The van der Waals surface area contributed by atoms with Gasteiger partial charge in [0, 0.05) is 37.6 Å². The summed E-state index contributed by atoms with van der Waals surface area (Å²) in [5, 5.41) is 0. The number of hydrogen-bond acceptors (Lipinski definition) is 3. The van der Waals surface area contributed by atoms with E-state index in [1.807, 2.05) is 19.2 Å². The second kappa shape index (κ2) is 8.48. The molecule has 4 nitrogen and oxygen atoms in total. The molecule has 0 N–H and O–H groups in total. The smallest absolute Gasteiger partial charge is 0.253 e. The Kier molecular flexibility index (Phi) is 6.36. The fourth-order valence-electron chi connectivity index (χ4n) is 2.69. The number of amides is 1. The molecule has 0 spiro atoms. The van der Waals surface area contributed by atoms with Gasteiger partial charge in [-0.15, -0.1) is 0 Å². The van der Waals surface area contributed by atoms with E-state index in [0.29, 0.717) is 5.56 Å². The minimum absolute atomic E-state index is 0.0485. The van der Waals surface area contributed by atoms with E-state index in [4.69, 9.17) is 0 Å². The summed E-state index contributed by atoms with van der Waals surface area (Å²) in [6, 6.07) is 12.0. The number of aromatic nitrogens is 1. The van der Waals surface area contributed by atoms with E-state index in [1.54, 1.807) is 17.2 Å². The molecule has 128 valence electrons. The van der Waals surface area contributed by atoms with E-state index < -0.39 is 0 Å². The zero-order valence-corrected chi connectivity index (χ0v) is 15.1. The van der Waals surface area contributed by atoms with Crippen molar-refractivity contribution in [3.8, 4) is 0 Å². The minimum Gasteiger partial charge on any atom is -0.342 e. The lowest BCUT2D eigenvalue weighted by Crippen LogP contribution is -2.28. The van der Waals surface area contributed by atoms with Gasteiger partial charge < -0.3 is 9.80 Å². The van der Waals surface area contributed by atoms with Crippen LogP contribution in [-0.4, -0.2) is 35.9 Å². The third-order valence-corrected chi connectivity index (χ3v) is 4.09. The molecule has 0 aliphatic carbocycles. The number of aryl methyl sites for hydroxylation is 1. The summed E-state index contributed by atoms with van der Waals surface area (Å²) >= 11 is 0. The van der Waals surface area contributed by atoms with Crippen LogP contribution in [0.1, 0.15) is 42.6 Å². The van der Waals surface area contributed by atoms with Crippen LogP contribution in [0.3, 0.4) is 0 Å². The molecule has 0 radical (unpaired) electrons. The zero-order valence-electron chi connectivity index (χ0n) is 15.1. The van der Waals surface area contributed by atoms with Gasteiger partial charge >= 0.3 is 0 Å². The first-order valence-electron chi connectivity index (χ1n) is 8.62. The van der Waals surface area contributed by atoms with Gasteiger partial charge in [-0.3, -0.25) is 4.79 Å². The number of nitrogens with zero attached hydrogens (tertiary/aromatic N) is 3. The molecule has 1 aromatic carbocycles. The van der Waals surface area contributed by atoms with Gasteiger partial charge in [-0.1, -0.05) is 25.5 Å². The third-order valence-electron chi connectivity index (χ3n) is 4.09. The zero-order chi connectivity index (χ0) is 17.5. The maximum Gasteiger partial charge on any atom is 0.253 e. The Hall–Kier alpha value is -2.36. The van der Waals surface area contributed by atoms with Crippen molar-refractivity contribution in [1.82, 2.24) is 9.88 Å². The van der Waals surface area contributed by atoms with Crippen LogP contribution in [0, 0.1) is 6.92 Å². The van der Waals surface area contributed by atoms with Crippen molar-refractivity contribution < 1.29 is 4.79 Å². The van der Waals surface area contributed by atoms with Gasteiger partial charge in [-0.05, 0) is 50.1 Å². The number of hydrogen-bond donors (Lipinski definition) is 0. The molecule has 0 saturated carbocycles. The number of anilines is 2. The summed E-state index contributed by atoms with van der Waals surface area (Å²) in [4.78, 5) is 21.0. The van der Waals surface area contributed by atoms with Crippen molar-refractivity contribution in [3.05, 3.63) is 53.7 Å². The van der Waals surface area contributed by atoms with Gasteiger partial charge in [0.2, 0.25) is 0 Å². The van der Waals surface area contributed by atoms with Crippen LogP contribution in [-0.2, 0) is 0 Å². The van der Waals surface area contributed by atoms with Crippen molar-refractivity contribution >= 4 is 17.4 Å². The Morgan fingerprint density at radius 1 is 1.17 bits per heavy atom. The van der Waals surface area contributed by atoms with E-state index in [2.05, 4.69) is 48.9 Å². The Morgan fingerprint density at radius 2 is 1.96 bits per heavy atom. The fraction of sp³-hybridized carbons (Fsp3) is 0.400. The van der Waals surface area contributed by atoms with Crippen LogP contribution in [0.15, 0.2) is 42.6 Å². The largest absolute Gasteiger partial charge is 0.342 e. The van der Waals surface area contributed by atoms with Gasteiger partial charge in [-0.25, -0.2) is 4.98 Å². The van der Waals surface area contributed by atoms with Crippen LogP contribution in [0.5, 0.6) is 0 Å². The monoisotopic (exact) mass is 325 g/mol. The molecule has 0 aliphatic heterocycles. The van der Waals surface area contributed by atoms with Gasteiger partial charge in [0.05, 0.1) is 0 Å². The predicted molar refractivity (Wildman–Crippen MR) is 100.0 cm³/mol. The molecule has 2 rings (SSSR count). The maximum atomic E-state index is 12.6. The van der Waals surface area contributed by atoms with Crippen molar-refractivity contribution in [3.63, 3.8) is 0 Å². The van der Waals surface area contributed by atoms with E-state index >= 15 is 0 Å². The average Bonchev–Trinajstić information content (AvgIpc) is 2.60. The first-order chi connectivity index (χ1) is 11.6. The Balaban J connectivity index is 2.26. The summed E-state index contributed by atoms with van der Waals surface area (Å²) in [7, 11) is 1.86. The molecule has 0 saturated heterocycles. The lowest BCUT2D eigenvalue weighted by atomic mass is 10.2. The SMILES string of the molecule is CCCCN(C)C(=O)c1ccnc(N(CC)c2cccc(C)c2)c1. The van der Waals surface area contributed by atoms with Crippen molar-refractivity contribution in [2.75, 3.05) is 25.0 Å². The van der Waals surface area contributed by atoms with E-state index in [-0.39, 0.29) is 5.91 Å². The highest BCUT2D eigenvalue weighted by Crippen LogP contribution is 2.25. The normalized spacial score (nSPS) is 10.5. The Morgan fingerprint density at radius 3 is 2.62 bits per heavy atom. The van der Waals surface area contributed by atoms with Crippen LogP contribution in [0.2, 0.25) is 0 Å². The highest BCUT2D eigenvalue weighted by Gasteiger charge is 2.15. The van der Waals surface area contributed by atoms with Crippen molar-refractivity contribution in [2.45, 2.75) is 33.6 Å². The number of benzene rings is 1. The van der Waals surface area contributed by atoms with E-state index in [9.17, 15) is 4.79 Å². The Labute approximate surface area is 145 Å². The quantitative estimate of drug-likeness (QED) is 0.756. The molecular weight excluding hydrogens is 298 g/mol. The lowest BCUT2D eigenvalue weighted by Gasteiger charge is -2.23. The highest BCUT2D eigenvalue weighted by molar-refractivity contribution is 5.94. The molecular formula is C20H27N3O. The Bertz CT molecular complexity index is 684. The molecule has 0 bridgehead atoms. The summed E-state index contributed by atoms with van der Waals surface area (Å²) in [5.74, 6) is 0.852.